The summed E-state index contributed by atoms with van der Waals surface area (Å²) in [5, 5.41) is 0. The second-order valence-electron chi connectivity index (χ2n) is 4.37. The van der Waals surface area contributed by atoms with Crippen LogP contribution in [0, 0.1) is 0 Å². The molecular weight excluding hydrogens is 212 g/mol. The molecule has 0 aliphatic heterocycles. The maximum Gasteiger partial charge on any atom is 0.233 e. The Kier molecular flexibility index (Phi) is 3.52. The van der Waals surface area contributed by atoms with E-state index in [1.807, 2.05) is 12.1 Å². The molecule has 2 heteroatoms. The lowest BCUT2D eigenvalue weighted by molar-refractivity contribution is -0.111. The normalized spacial score (nSPS) is 14.5. The van der Waals surface area contributed by atoms with Crippen molar-refractivity contribution in [3.63, 3.8) is 0 Å². The molecule has 17 heavy (non-hydrogen) atoms. The van der Waals surface area contributed by atoms with Crippen LogP contribution in [0.15, 0.2) is 30.3 Å². The molecule has 0 unspecified atom stereocenters. The molecule has 0 atom stereocenters. The van der Waals surface area contributed by atoms with Gasteiger partial charge in [0.25, 0.3) is 0 Å². The maximum atomic E-state index is 11.7. The third kappa shape index (κ3) is 2.36. The highest BCUT2D eigenvalue weighted by Crippen LogP contribution is 2.28. The van der Waals surface area contributed by atoms with Gasteiger partial charge in [0.15, 0.2) is 0 Å². The van der Waals surface area contributed by atoms with E-state index in [9.17, 15) is 9.59 Å². The Bertz CT molecular complexity index is 483. The van der Waals surface area contributed by atoms with E-state index >= 15 is 0 Å². The van der Waals surface area contributed by atoms with Gasteiger partial charge in [0, 0.05) is 5.56 Å². The van der Waals surface area contributed by atoms with Crippen LogP contribution in [0.1, 0.15) is 48.5 Å². The highest BCUT2D eigenvalue weighted by molar-refractivity contribution is 6.50. The molecule has 0 radical (unpaired) electrons. The fourth-order valence-corrected chi connectivity index (χ4v) is 2.17. The van der Waals surface area contributed by atoms with Gasteiger partial charge in [-0.3, -0.25) is 9.59 Å². The first-order chi connectivity index (χ1) is 8.24. The summed E-state index contributed by atoms with van der Waals surface area (Å²) < 4.78 is 0. The van der Waals surface area contributed by atoms with E-state index < -0.39 is 0 Å². The average molecular weight is 228 g/mol. The zero-order valence-corrected chi connectivity index (χ0v) is 10.0. The molecule has 1 aromatic carbocycles. The van der Waals surface area contributed by atoms with E-state index in [0.717, 1.165) is 36.8 Å². The molecule has 0 heterocycles. The van der Waals surface area contributed by atoms with Gasteiger partial charge in [0.2, 0.25) is 11.6 Å². The number of hydrogen-bond acceptors (Lipinski definition) is 2. The number of rotatable bonds is 4. The fourth-order valence-electron chi connectivity index (χ4n) is 2.17. The molecule has 88 valence electrons. The summed E-state index contributed by atoms with van der Waals surface area (Å²) in [6, 6.07) is 7.38. The Morgan fingerprint density at radius 2 is 1.71 bits per heavy atom. The van der Waals surface area contributed by atoms with Crippen LogP contribution < -0.4 is 0 Å². The Morgan fingerprint density at radius 3 is 2.41 bits per heavy atom. The zero-order valence-electron chi connectivity index (χ0n) is 10.0. The number of fused-ring (bicyclic) bond motifs is 1. The van der Waals surface area contributed by atoms with E-state index in [0.29, 0.717) is 5.56 Å². The Balaban J connectivity index is 2.29. The van der Waals surface area contributed by atoms with Crippen LogP contribution in [0.3, 0.4) is 0 Å². The van der Waals surface area contributed by atoms with Crippen molar-refractivity contribution in [3.05, 3.63) is 41.5 Å². The number of carbonyl (C=O) groups is 2. The number of hydrogen-bond donors (Lipinski definition) is 0. The minimum Gasteiger partial charge on any atom is -0.286 e. The highest BCUT2D eigenvalue weighted by Gasteiger charge is 2.24. The summed E-state index contributed by atoms with van der Waals surface area (Å²) in [7, 11) is 0. The predicted molar refractivity (Wildman–Crippen MR) is 67.9 cm³/mol. The first kappa shape index (κ1) is 11.8. The maximum absolute atomic E-state index is 11.7. The van der Waals surface area contributed by atoms with Gasteiger partial charge in [-0.1, -0.05) is 44.0 Å². The summed E-state index contributed by atoms with van der Waals surface area (Å²) in [4.78, 5) is 23.3. The van der Waals surface area contributed by atoms with Crippen molar-refractivity contribution in [1.29, 1.82) is 0 Å². The molecule has 1 aromatic rings. The molecule has 2 rings (SSSR count). The van der Waals surface area contributed by atoms with E-state index in [1.165, 1.54) is 6.08 Å². The van der Waals surface area contributed by atoms with Gasteiger partial charge in [-0.15, -0.1) is 0 Å². The highest BCUT2D eigenvalue weighted by atomic mass is 16.2. The molecular formula is C15H16O2. The SMILES string of the molecule is CCCCCC1=CC(=O)C(=O)c2ccccc21. The monoisotopic (exact) mass is 228 g/mol. The summed E-state index contributed by atoms with van der Waals surface area (Å²) in [6.45, 7) is 2.15. The number of benzene rings is 1. The van der Waals surface area contributed by atoms with Crippen molar-refractivity contribution >= 4 is 17.1 Å². The molecule has 0 saturated carbocycles. The zero-order chi connectivity index (χ0) is 12.3. The molecule has 1 aliphatic rings. The molecule has 0 N–H and O–H groups in total. The predicted octanol–water partition coefficient (Wildman–Crippen LogP) is 3.42. The standard InChI is InChI=1S/C15H16O2/c1-2-3-4-7-11-10-14(16)15(17)13-9-6-5-8-12(11)13/h5-6,8-10H,2-4,7H2,1H3. The van der Waals surface area contributed by atoms with Gasteiger partial charge in [-0.25, -0.2) is 0 Å². The summed E-state index contributed by atoms with van der Waals surface area (Å²) in [5.74, 6) is -0.755. The largest absolute Gasteiger partial charge is 0.286 e. The molecule has 0 amide bonds. The van der Waals surface area contributed by atoms with Crippen LogP contribution in [0.4, 0.5) is 0 Å². The number of ketones is 2. The van der Waals surface area contributed by atoms with Gasteiger partial charge in [-0.05, 0) is 30.1 Å². The third-order valence-electron chi connectivity index (χ3n) is 3.10. The van der Waals surface area contributed by atoms with Gasteiger partial charge >= 0.3 is 0 Å². The average Bonchev–Trinajstić information content (AvgIpc) is 2.36. The topological polar surface area (TPSA) is 34.1 Å². The molecule has 0 saturated heterocycles. The van der Waals surface area contributed by atoms with E-state index in [1.54, 1.807) is 12.1 Å². The van der Waals surface area contributed by atoms with Crippen LogP contribution in [0.2, 0.25) is 0 Å². The number of Topliss-reactive ketones (excluding diaryl/α,β-unsaturated/α-hetero) is 1. The van der Waals surface area contributed by atoms with Gasteiger partial charge in [0.05, 0.1) is 0 Å². The molecule has 1 aliphatic carbocycles. The summed E-state index contributed by atoms with van der Waals surface area (Å²) >= 11 is 0. The fraction of sp³-hybridized carbons (Fsp3) is 0.333. The lowest BCUT2D eigenvalue weighted by Crippen LogP contribution is -2.18. The van der Waals surface area contributed by atoms with E-state index in [2.05, 4.69) is 6.92 Å². The number of unbranched alkanes of at least 4 members (excludes halogenated alkanes) is 2. The molecule has 0 aromatic heterocycles. The first-order valence-electron chi connectivity index (χ1n) is 6.12. The van der Waals surface area contributed by atoms with Crippen molar-refractivity contribution < 1.29 is 9.59 Å². The van der Waals surface area contributed by atoms with Crippen LogP contribution in [-0.4, -0.2) is 11.6 Å². The molecule has 0 fully saturated rings. The van der Waals surface area contributed by atoms with Crippen LogP contribution in [0.25, 0.3) is 5.57 Å². The second kappa shape index (κ2) is 5.09. The van der Waals surface area contributed by atoms with Gasteiger partial charge in [-0.2, -0.15) is 0 Å². The van der Waals surface area contributed by atoms with Crippen molar-refractivity contribution in [2.75, 3.05) is 0 Å². The number of allylic oxidation sites excluding steroid dienone is 2. The van der Waals surface area contributed by atoms with Crippen molar-refractivity contribution in [1.82, 2.24) is 0 Å². The van der Waals surface area contributed by atoms with Gasteiger partial charge < -0.3 is 0 Å². The van der Waals surface area contributed by atoms with Crippen LogP contribution >= 0.6 is 0 Å². The molecule has 0 bridgehead atoms. The quantitative estimate of drug-likeness (QED) is 0.584. The minimum atomic E-state index is -0.379. The molecule has 2 nitrogen and oxygen atoms in total. The molecule has 0 spiro atoms. The lowest BCUT2D eigenvalue weighted by atomic mass is 9.87. The lowest BCUT2D eigenvalue weighted by Gasteiger charge is -2.15. The van der Waals surface area contributed by atoms with Crippen molar-refractivity contribution in [3.8, 4) is 0 Å². The Labute approximate surface area is 101 Å². The first-order valence-corrected chi connectivity index (χ1v) is 6.12. The summed E-state index contributed by atoms with van der Waals surface area (Å²) in [5.41, 5.74) is 2.51. The van der Waals surface area contributed by atoms with Crippen molar-refractivity contribution in [2.24, 2.45) is 0 Å². The van der Waals surface area contributed by atoms with Gasteiger partial charge in [0.1, 0.15) is 0 Å². The number of carbonyl (C=O) groups excluding carboxylic acids is 2. The van der Waals surface area contributed by atoms with Crippen molar-refractivity contribution in [2.45, 2.75) is 32.6 Å². The van der Waals surface area contributed by atoms with E-state index in [4.69, 9.17) is 0 Å². The van der Waals surface area contributed by atoms with Crippen LogP contribution in [-0.2, 0) is 4.79 Å². The smallest absolute Gasteiger partial charge is 0.233 e. The van der Waals surface area contributed by atoms with Crippen LogP contribution in [0.5, 0.6) is 0 Å². The third-order valence-corrected chi connectivity index (χ3v) is 3.10. The Hall–Kier alpha value is -1.70. The summed E-state index contributed by atoms with van der Waals surface area (Å²) in [6.07, 6.45) is 5.77. The second-order valence-corrected chi connectivity index (χ2v) is 4.37. The minimum absolute atomic E-state index is 0.375. The Morgan fingerprint density at radius 1 is 1.00 bits per heavy atom. The van der Waals surface area contributed by atoms with E-state index in [-0.39, 0.29) is 11.6 Å².